The lowest BCUT2D eigenvalue weighted by atomic mass is 9.97. The Hall–Kier alpha value is -2.59. The van der Waals surface area contributed by atoms with Gasteiger partial charge >= 0.3 is 12.1 Å². The highest BCUT2D eigenvalue weighted by molar-refractivity contribution is 5.45. The number of nitrogens with two attached hydrogens (primary N) is 3. The molecule has 1 aromatic carbocycles. The number of rotatable bonds is 3. The summed E-state index contributed by atoms with van der Waals surface area (Å²) in [5.41, 5.74) is 15.9. The average molecular weight is 399 g/mol. The SMILES string of the molecule is NC1CCCCC1.NCc1ccc(-n2ccc(N)nc2=O)cc1OC(F)(F)F. The van der Waals surface area contributed by atoms with Crippen molar-refractivity contribution < 1.29 is 17.9 Å². The third kappa shape index (κ3) is 6.54. The minimum Gasteiger partial charge on any atom is -0.405 e. The highest BCUT2D eigenvalue weighted by Gasteiger charge is 2.32. The van der Waals surface area contributed by atoms with E-state index in [9.17, 15) is 18.0 Å². The molecule has 1 aliphatic rings. The van der Waals surface area contributed by atoms with Crippen LogP contribution in [0.5, 0.6) is 5.75 Å². The van der Waals surface area contributed by atoms with Crippen LogP contribution in [0.25, 0.3) is 5.69 Å². The van der Waals surface area contributed by atoms with Gasteiger partial charge < -0.3 is 21.9 Å². The summed E-state index contributed by atoms with van der Waals surface area (Å²) in [6, 6.07) is 5.73. The first-order valence-electron chi connectivity index (χ1n) is 8.89. The van der Waals surface area contributed by atoms with E-state index in [0.717, 1.165) is 10.6 Å². The van der Waals surface area contributed by atoms with Gasteiger partial charge in [-0.3, -0.25) is 4.57 Å². The second kappa shape index (κ2) is 9.56. The molecule has 0 atom stereocenters. The topological polar surface area (TPSA) is 122 Å². The number of hydrogen-bond acceptors (Lipinski definition) is 6. The molecule has 1 fully saturated rings. The number of hydrogen-bond donors (Lipinski definition) is 3. The Bertz CT molecular complexity index is 833. The van der Waals surface area contributed by atoms with Gasteiger partial charge in [-0.1, -0.05) is 25.3 Å². The van der Waals surface area contributed by atoms with Crippen molar-refractivity contribution in [1.29, 1.82) is 0 Å². The van der Waals surface area contributed by atoms with Crippen molar-refractivity contribution >= 4 is 5.82 Å². The van der Waals surface area contributed by atoms with Gasteiger partial charge in [0, 0.05) is 30.4 Å². The summed E-state index contributed by atoms with van der Waals surface area (Å²) < 4.78 is 42.0. The Labute approximate surface area is 160 Å². The molecule has 7 nitrogen and oxygen atoms in total. The fraction of sp³-hybridized carbons (Fsp3) is 0.444. The van der Waals surface area contributed by atoms with Crippen LogP contribution in [0.15, 0.2) is 35.3 Å². The third-order valence-corrected chi connectivity index (χ3v) is 4.25. The van der Waals surface area contributed by atoms with Crippen molar-refractivity contribution in [3.05, 3.63) is 46.5 Å². The second-order valence-corrected chi connectivity index (χ2v) is 6.45. The fourth-order valence-electron chi connectivity index (χ4n) is 2.83. The van der Waals surface area contributed by atoms with Crippen molar-refractivity contribution in [1.82, 2.24) is 9.55 Å². The van der Waals surface area contributed by atoms with Crippen molar-refractivity contribution in [2.45, 2.75) is 51.1 Å². The summed E-state index contributed by atoms with van der Waals surface area (Å²) in [7, 11) is 0. The summed E-state index contributed by atoms with van der Waals surface area (Å²) >= 11 is 0. The molecule has 1 aromatic heterocycles. The van der Waals surface area contributed by atoms with Gasteiger partial charge in [0.15, 0.2) is 0 Å². The van der Waals surface area contributed by atoms with E-state index in [1.807, 2.05) is 0 Å². The smallest absolute Gasteiger partial charge is 0.405 e. The monoisotopic (exact) mass is 399 g/mol. The number of halogens is 3. The largest absolute Gasteiger partial charge is 0.573 e. The van der Waals surface area contributed by atoms with E-state index < -0.39 is 17.8 Å². The Morgan fingerprint density at radius 3 is 2.36 bits per heavy atom. The Balaban J connectivity index is 0.000000336. The average Bonchev–Trinajstić information content (AvgIpc) is 2.61. The van der Waals surface area contributed by atoms with Gasteiger partial charge in [0.2, 0.25) is 0 Å². The van der Waals surface area contributed by atoms with Gasteiger partial charge in [0.05, 0.1) is 5.69 Å². The molecule has 28 heavy (non-hydrogen) atoms. The third-order valence-electron chi connectivity index (χ3n) is 4.25. The maximum atomic E-state index is 12.4. The van der Waals surface area contributed by atoms with E-state index in [1.165, 1.54) is 56.5 Å². The van der Waals surface area contributed by atoms with Gasteiger partial charge in [-0.05, 0) is 25.0 Å². The molecule has 0 bridgehead atoms. The van der Waals surface area contributed by atoms with Crippen molar-refractivity contribution in [2.75, 3.05) is 5.73 Å². The Kier molecular flexibility index (Phi) is 7.41. The molecule has 0 amide bonds. The van der Waals surface area contributed by atoms with E-state index in [4.69, 9.17) is 17.2 Å². The summed E-state index contributed by atoms with van der Waals surface area (Å²) in [5.74, 6) is -0.451. The first-order chi connectivity index (χ1) is 13.2. The zero-order chi connectivity index (χ0) is 20.7. The molecular formula is C18H24F3N5O2. The molecule has 10 heteroatoms. The summed E-state index contributed by atoms with van der Waals surface area (Å²) in [6.07, 6.45) is 3.11. The van der Waals surface area contributed by atoms with Crippen LogP contribution in [-0.2, 0) is 6.54 Å². The quantitative estimate of drug-likeness (QED) is 0.729. The van der Waals surface area contributed by atoms with Gasteiger partial charge in [-0.2, -0.15) is 4.98 Å². The van der Waals surface area contributed by atoms with Crippen molar-refractivity contribution in [3.63, 3.8) is 0 Å². The zero-order valence-corrected chi connectivity index (χ0v) is 15.3. The van der Waals surface area contributed by atoms with Crippen LogP contribution >= 0.6 is 0 Å². The molecular weight excluding hydrogens is 375 g/mol. The zero-order valence-electron chi connectivity index (χ0n) is 15.3. The van der Waals surface area contributed by atoms with Crippen LogP contribution in [0, 0.1) is 0 Å². The molecule has 154 valence electrons. The van der Waals surface area contributed by atoms with Gasteiger partial charge in [0.1, 0.15) is 11.6 Å². The number of ether oxygens (including phenoxy) is 1. The van der Waals surface area contributed by atoms with Crippen molar-refractivity contribution in [3.8, 4) is 11.4 Å². The van der Waals surface area contributed by atoms with Crippen LogP contribution in [0.4, 0.5) is 19.0 Å². The molecule has 1 aliphatic carbocycles. The predicted octanol–water partition coefficient (Wildman–Crippen LogP) is 2.45. The van der Waals surface area contributed by atoms with E-state index in [-0.39, 0.29) is 23.6 Å². The lowest BCUT2D eigenvalue weighted by Crippen LogP contribution is -2.22. The molecule has 3 rings (SSSR count). The van der Waals surface area contributed by atoms with E-state index in [0.29, 0.717) is 6.04 Å². The molecule has 0 spiro atoms. The van der Waals surface area contributed by atoms with Gasteiger partial charge in [-0.25, -0.2) is 4.79 Å². The Morgan fingerprint density at radius 1 is 1.18 bits per heavy atom. The fourth-order valence-corrected chi connectivity index (χ4v) is 2.83. The molecule has 1 saturated carbocycles. The lowest BCUT2D eigenvalue weighted by molar-refractivity contribution is -0.274. The lowest BCUT2D eigenvalue weighted by Gasteiger charge is -2.15. The highest BCUT2D eigenvalue weighted by atomic mass is 19.4. The Morgan fingerprint density at radius 2 is 1.86 bits per heavy atom. The van der Waals surface area contributed by atoms with E-state index in [1.54, 1.807) is 0 Å². The molecule has 2 aromatic rings. The normalized spacial score (nSPS) is 14.9. The van der Waals surface area contributed by atoms with Crippen LogP contribution in [0.1, 0.15) is 37.7 Å². The summed E-state index contributed by atoms with van der Waals surface area (Å²) in [5, 5.41) is 0. The molecule has 1 heterocycles. The van der Waals surface area contributed by atoms with Crippen molar-refractivity contribution in [2.24, 2.45) is 11.5 Å². The van der Waals surface area contributed by atoms with Crippen LogP contribution in [0.2, 0.25) is 0 Å². The highest BCUT2D eigenvalue weighted by Crippen LogP contribution is 2.28. The molecule has 0 radical (unpaired) electrons. The maximum absolute atomic E-state index is 12.4. The molecule has 0 aliphatic heterocycles. The number of nitrogen functional groups attached to an aromatic ring is 1. The predicted molar refractivity (Wildman–Crippen MR) is 99.9 cm³/mol. The van der Waals surface area contributed by atoms with Crippen LogP contribution < -0.4 is 27.6 Å². The van der Waals surface area contributed by atoms with E-state index >= 15 is 0 Å². The van der Waals surface area contributed by atoms with E-state index in [2.05, 4.69) is 9.72 Å². The maximum Gasteiger partial charge on any atom is 0.573 e. The minimum absolute atomic E-state index is 0.0154. The first kappa shape index (κ1) is 21.7. The number of aromatic nitrogens is 2. The number of alkyl halides is 3. The molecule has 6 N–H and O–H groups in total. The number of anilines is 1. The second-order valence-electron chi connectivity index (χ2n) is 6.45. The van der Waals surface area contributed by atoms with Gasteiger partial charge in [-0.15, -0.1) is 13.2 Å². The summed E-state index contributed by atoms with van der Waals surface area (Å²) in [6.45, 7) is -0.138. The van der Waals surface area contributed by atoms with Crippen LogP contribution in [0.3, 0.4) is 0 Å². The molecule has 0 unspecified atom stereocenters. The summed E-state index contributed by atoms with van der Waals surface area (Å²) in [4.78, 5) is 15.2. The first-order valence-corrected chi connectivity index (χ1v) is 8.89. The van der Waals surface area contributed by atoms with Crippen LogP contribution in [-0.4, -0.2) is 22.0 Å². The number of nitrogens with zero attached hydrogens (tertiary/aromatic N) is 2. The minimum atomic E-state index is -4.85. The molecule has 0 saturated heterocycles. The number of benzene rings is 1. The van der Waals surface area contributed by atoms with Gasteiger partial charge in [0.25, 0.3) is 0 Å². The standard InChI is InChI=1S/C12H11F3N4O2.C6H13N/c13-12(14,15)21-9-5-8(2-1-7(9)6-16)19-4-3-10(17)18-11(19)20;7-6-4-2-1-3-5-6/h1-5H,6,16H2,(H2,17,18,20);6H,1-5,7H2.